The average molecular weight is 384 g/mol. The van der Waals surface area contributed by atoms with Gasteiger partial charge in [-0.2, -0.15) is 0 Å². The number of benzene rings is 2. The van der Waals surface area contributed by atoms with Crippen LogP contribution in [0.5, 0.6) is 0 Å². The molecule has 0 saturated heterocycles. The summed E-state index contributed by atoms with van der Waals surface area (Å²) in [6.45, 7) is 1.99. The highest BCUT2D eigenvalue weighted by Crippen LogP contribution is 2.22. The van der Waals surface area contributed by atoms with E-state index in [0.717, 1.165) is 12.1 Å². The van der Waals surface area contributed by atoms with E-state index in [-0.39, 0.29) is 17.3 Å². The lowest BCUT2D eigenvalue weighted by molar-refractivity contribution is -0.137. The quantitative estimate of drug-likeness (QED) is 0.607. The van der Waals surface area contributed by atoms with Crippen molar-refractivity contribution in [3.05, 3.63) is 64.9 Å². The molecule has 2 aromatic rings. The molecule has 0 fully saturated rings. The Morgan fingerprint density at radius 3 is 2.52 bits per heavy atom. The number of halogens is 2. The van der Waals surface area contributed by atoms with E-state index in [2.05, 4.69) is 4.72 Å². The molecule has 0 aliphatic carbocycles. The number of carbonyl (C=O) groups is 1. The average Bonchev–Trinajstić information content (AvgIpc) is 2.54. The summed E-state index contributed by atoms with van der Waals surface area (Å²) in [5, 5.41) is 0.106. The lowest BCUT2D eigenvalue weighted by Gasteiger charge is -2.09. The Hall–Kier alpha value is -2.38. The van der Waals surface area contributed by atoms with Crippen LogP contribution in [-0.2, 0) is 19.6 Å². The van der Waals surface area contributed by atoms with Crippen molar-refractivity contribution in [2.75, 3.05) is 11.3 Å². The number of carbonyl (C=O) groups excluding carboxylic acids is 1. The Morgan fingerprint density at radius 2 is 1.92 bits per heavy atom. The molecule has 0 saturated carbocycles. The minimum atomic E-state index is -4.08. The molecule has 0 atom stereocenters. The second kappa shape index (κ2) is 8.13. The van der Waals surface area contributed by atoms with Crippen LogP contribution in [0.3, 0.4) is 0 Å². The van der Waals surface area contributed by atoms with Crippen molar-refractivity contribution in [3.63, 3.8) is 0 Å². The van der Waals surface area contributed by atoms with Crippen LogP contribution in [0.4, 0.5) is 10.1 Å². The lowest BCUT2D eigenvalue weighted by atomic mass is 10.2. The molecular weight excluding hydrogens is 369 g/mol. The molecule has 0 spiro atoms. The van der Waals surface area contributed by atoms with Gasteiger partial charge in [0.15, 0.2) is 0 Å². The monoisotopic (exact) mass is 383 g/mol. The van der Waals surface area contributed by atoms with Crippen LogP contribution in [0.1, 0.15) is 12.5 Å². The summed E-state index contributed by atoms with van der Waals surface area (Å²) in [5.74, 6) is -1.40. The molecule has 0 aromatic heterocycles. The number of nitrogens with one attached hydrogen (secondary N) is 1. The molecule has 0 aliphatic rings. The molecule has 2 rings (SSSR count). The van der Waals surface area contributed by atoms with Gasteiger partial charge in [0.05, 0.1) is 6.61 Å². The molecule has 0 unspecified atom stereocenters. The predicted octanol–water partition coefficient (Wildman–Crippen LogP) is 3.86. The zero-order chi connectivity index (χ0) is 18.4. The SMILES string of the molecule is CCOC(=O)/C=C/c1ccc(NS(=O)(=O)c2ccc(Cl)cc2F)cc1. The normalized spacial score (nSPS) is 11.5. The van der Waals surface area contributed by atoms with Gasteiger partial charge < -0.3 is 4.74 Å². The molecule has 1 N–H and O–H groups in total. The van der Waals surface area contributed by atoms with E-state index >= 15 is 0 Å². The van der Waals surface area contributed by atoms with E-state index < -0.39 is 26.7 Å². The van der Waals surface area contributed by atoms with Crippen molar-refractivity contribution >= 4 is 39.4 Å². The van der Waals surface area contributed by atoms with Gasteiger partial charge in [-0.3, -0.25) is 4.72 Å². The fourth-order valence-electron chi connectivity index (χ4n) is 1.92. The van der Waals surface area contributed by atoms with Crippen molar-refractivity contribution < 1.29 is 22.3 Å². The largest absolute Gasteiger partial charge is 0.463 e. The van der Waals surface area contributed by atoms with Crippen molar-refractivity contribution in [1.82, 2.24) is 0 Å². The summed E-state index contributed by atoms with van der Waals surface area (Å²) in [5.41, 5.74) is 0.927. The maximum Gasteiger partial charge on any atom is 0.330 e. The highest BCUT2D eigenvalue weighted by Gasteiger charge is 2.19. The van der Waals surface area contributed by atoms with Gasteiger partial charge in [0.1, 0.15) is 10.7 Å². The third-order valence-electron chi connectivity index (χ3n) is 3.04. The Labute approximate surface area is 150 Å². The van der Waals surface area contributed by atoms with Crippen LogP contribution in [-0.4, -0.2) is 21.0 Å². The molecular formula is C17H15ClFNO4S. The Bertz CT molecular complexity index is 895. The van der Waals surface area contributed by atoms with E-state index in [0.29, 0.717) is 5.56 Å². The molecule has 0 bridgehead atoms. The summed E-state index contributed by atoms with van der Waals surface area (Å²) in [7, 11) is -4.08. The van der Waals surface area contributed by atoms with Crippen molar-refractivity contribution in [2.45, 2.75) is 11.8 Å². The van der Waals surface area contributed by atoms with Crippen LogP contribution < -0.4 is 4.72 Å². The van der Waals surface area contributed by atoms with Gasteiger partial charge in [-0.05, 0) is 48.9 Å². The van der Waals surface area contributed by atoms with E-state index in [1.54, 1.807) is 19.1 Å². The maximum atomic E-state index is 13.8. The molecule has 132 valence electrons. The zero-order valence-electron chi connectivity index (χ0n) is 13.2. The van der Waals surface area contributed by atoms with Crippen molar-refractivity contribution in [1.29, 1.82) is 0 Å². The highest BCUT2D eigenvalue weighted by molar-refractivity contribution is 7.92. The van der Waals surface area contributed by atoms with E-state index in [1.807, 2.05) is 0 Å². The minimum Gasteiger partial charge on any atom is -0.463 e. The molecule has 0 aliphatic heterocycles. The van der Waals surface area contributed by atoms with Gasteiger partial charge in [-0.1, -0.05) is 23.7 Å². The van der Waals surface area contributed by atoms with E-state index in [4.69, 9.17) is 16.3 Å². The van der Waals surface area contributed by atoms with Crippen molar-refractivity contribution in [2.24, 2.45) is 0 Å². The molecule has 0 heterocycles. The Balaban J connectivity index is 2.13. The third kappa shape index (κ3) is 5.30. The van der Waals surface area contributed by atoms with Crippen LogP contribution in [0.2, 0.25) is 5.02 Å². The summed E-state index contributed by atoms with van der Waals surface area (Å²) in [4.78, 5) is 10.7. The van der Waals surface area contributed by atoms with Gasteiger partial charge in [0.25, 0.3) is 10.0 Å². The van der Waals surface area contributed by atoms with Gasteiger partial charge in [-0.25, -0.2) is 17.6 Å². The fraction of sp³-hybridized carbons (Fsp3) is 0.118. The second-order valence-corrected chi connectivity index (χ2v) is 6.97. The zero-order valence-corrected chi connectivity index (χ0v) is 14.8. The topological polar surface area (TPSA) is 72.5 Å². The first-order chi connectivity index (χ1) is 11.8. The molecule has 0 radical (unpaired) electrons. The van der Waals surface area contributed by atoms with Gasteiger partial charge >= 0.3 is 5.97 Å². The molecule has 25 heavy (non-hydrogen) atoms. The van der Waals surface area contributed by atoms with Crippen LogP contribution in [0, 0.1) is 5.82 Å². The molecule has 0 amide bonds. The first kappa shape index (κ1) is 19.0. The predicted molar refractivity (Wildman–Crippen MR) is 94.3 cm³/mol. The second-order valence-electron chi connectivity index (χ2n) is 4.89. The third-order valence-corrected chi connectivity index (χ3v) is 4.69. The Morgan fingerprint density at radius 1 is 1.24 bits per heavy atom. The number of hydrogen-bond donors (Lipinski definition) is 1. The molecule has 8 heteroatoms. The first-order valence-electron chi connectivity index (χ1n) is 7.24. The van der Waals surface area contributed by atoms with Gasteiger partial charge in [-0.15, -0.1) is 0 Å². The summed E-state index contributed by atoms with van der Waals surface area (Å²) in [6.07, 6.45) is 2.81. The van der Waals surface area contributed by atoms with Crippen LogP contribution in [0.15, 0.2) is 53.4 Å². The summed E-state index contributed by atoms with van der Waals surface area (Å²) >= 11 is 5.62. The van der Waals surface area contributed by atoms with Crippen molar-refractivity contribution in [3.8, 4) is 0 Å². The summed E-state index contributed by atoms with van der Waals surface area (Å²) in [6, 6.07) is 9.52. The first-order valence-corrected chi connectivity index (χ1v) is 9.10. The summed E-state index contributed by atoms with van der Waals surface area (Å²) < 4.78 is 45.3. The highest BCUT2D eigenvalue weighted by atomic mass is 35.5. The van der Waals surface area contributed by atoms with E-state index in [1.165, 1.54) is 30.4 Å². The number of anilines is 1. The minimum absolute atomic E-state index is 0.106. The van der Waals surface area contributed by atoms with E-state index in [9.17, 15) is 17.6 Å². The van der Waals surface area contributed by atoms with Crippen LogP contribution >= 0.6 is 11.6 Å². The lowest BCUT2D eigenvalue weighted by Crippen LogP contribution is -2.14. The number of hydrogen-bond acceptors (Lipinski definition) is 4. The van der Waals surface area contributed by atoms with Crippen LogP contribution in [0.25, 0.3) is 6.08 Å². The molecule has 2 aromatic carbocycles. The standard InChI is InChI=1S/C17H15ClFNO4S/c1-2-24-17(21)10-5-12-3-7-14(8-4-12)20-25(22,23)16-9-6-13(18)11-15(16)19/h3-11,20H,2H2,1H3/b10-5+. The van der Waals surface area contributed by atoms with Gasteiger partial charge in [0, 0.05) is 16.8 Å². The maximum absolute atomic E-state index is 13.8. The Kier molecular flexibility index (Phi) is 6.17. The number of esters is 1. The number of rotatable bonds is 6. The molecule has 5 nitrogen and oxygen atoms in total. The smallest absolute Gasteiger partial charge is 0.330 e. The fourth-order valence-corrected chi connectivity index (χ4v) is 3.20. The van der Waals surface area contributed by atoms with Gasteiger partial charge in [0.2, 0.25) is 0 Å². The number of sulfonamides is 1. The number of ether oxygens (including phenoxy) is 1.